The quantitative estimate of drug-likeness (QED) is 0.752. The molecule has 1 aliphatic rings. The van der Waals surface area contributed by atoms with Crippen LogP contribution in [-0.4, -0.2) is 52.2 Å². The van der Waals surface area contributed by atoms with Crippen LogP contribution in [0.2, 0.25) is 0 Å². The van der Waals surface area contributed by atoms with Crippen LogP contribution in [0.4, 0.5) is 6.01 Å². The zero-order valence-corrected chi connectivity index (χ0v) is 15.4. The van der Waals surface area contributed by atoms with Gasteiger partial charge in [0, 0.05) is 44.2 Å². The number of hydrogen-bond donors (Lipinski definition) is 1. The van der Waals surface area contributed by atoms with Gasteiger partial charge in [-0.1, -0.05) is 11.2 Å². The van der Waals surface area contributed by atoms with E-state index in [0.717, 1.165) is 16.5 Å². The maximum atomic E-state index is 12.7. The van der Waals surface area contributed by atoms with Crippen molar-refractivity contribution in [3.8, 4) is 0 Å². The number of carbonyl (C=O) groups excluding carboxylic acids is 1. The van der Waals surface area contributed by atoms with Crippen molar-refractivity contribution in [1.82, 2.24) is 20.1 Å². The average Bonchev–Trinajstić information content (AvgIpc) is 3.09. The van der Waals surface area contributed by atoms with Crippen LogP contribution in [0.25, 0.3) is 10.9 Å². The second-order valence-electron chi connectivity index (χ2n) is 6.85. The molecule has 1 amide bonds. The second kappa shape index (κ2) is 6.86. The summed E-state index contributed by atoms with van der Waals surface area (Å²) >= 11 is 0. The number of piperazine rings is 1. The van der Waals surface area contributed by atoms with Crippen LogP contribution in [-0.2, 0) is 11.2 Å². The van der Waals surface area contributed by atoms with Crippen LogP contribution in [0.15, 0.2) is 33.5 Å². The SMILES string of the molecule is Cc1nnc(N2CCN(C(=O)Cc3ccc4[nH]c(=O)c(C)cc4c3)CC2)o1. The molecule has 140 valence electrons. The first kappa shape index (κ1) is 17.3. The van der Waals surface area contributed by atoms with Gasteiger partial charge in [-0.3, -0.25) is 9.59 Å². The van der Waals surface area contributed by atoms with E-state index in [1.54, 1.807) is 13.8 Å². The predicted octanol–water partition coefficient (Wildman–Crippen LogP) is 1.42. The molecule has 3 aromatic rings. The number of aryl methyl sites for hydroxylation is 2. The molecule has 4 rings (SSSR count). The maximum absolute atomic E-state index is 12.7. The Balaban J connectivity index is 1.41. The summed E-state index contributed by atoms with van der Waals surface area (Å²) in [6.07, 6.45) is 0.341. The minimum absolute atomic E-state index is 0.0827. The number of aromatic nitrogens is 3. The molecular formula is C19H21N5O3. The third-order valence-corrected chi connectivity index (χ3v) is 4.87. The molecule has 1 saturated heterocycles. The number of H-pyrrole nitrogens is 1. The molecule has 1 N–H and O–H groups in total. The first-order valence-electron chi connectivity index (χ1n) is 8.95. The molecule has 1 aliphatic heterocycles. The third-order valence-electron chi connectivity index (χ3n) is 4.87. The average molecular weight is 367 g/mol. The Kier molecular flexibility index (Phi) is 4.39. The number of aromatic amines is 1. The van der Waals surface area contributed by atoms with Gasteiger partial charge in [0.15, 0.2) is 0 Å². The Morgan fingerprint density at radius 1 is 1.15 bits per heavy atom. The molecule has 0 spiro atoms. The standard InChI is InChI=1S/C19H21N5O3/c1-12-9-15-10-14(3-4-16(15)20-18(12)26)11-17(25)23-5-7-24(8-6-23)19-22-21-13(2)27-19/h3-4,9-10H,5-8,11H2,1-2H3,(H,20,26). The Hall–Kier alpha value is -3.16. The number of rotatable bonds is 3. The molecule has 0 saturated carbocycles. The summed E-state index contributed by atoms with van der Waals surface area (Å²) in [5.74, 6) is 0.633. The van der Waals surface area contributed by atoms with Crippen molar-refractivity contribution in [3.63, 3.8) is 0 Å². The first-order chi connectivity index (χ1) is 13.0. The number of pyridine rings is 1. The topological polar surface area (TPSA) is 95.3 Å². The molecule has 3 heterocycles. The van der Waals surface area contributed by atoms with Gasteiger partial charge < -0.3 is 19.2 Å². The van der Waals surface area contributed by atoms with Gasteiger partial charge in [0.05, 0.1) is 6.42 Å². The zero-order chi connectivity index (χ0) is 19.0. The third kappa shape index (κ3) is 3.55. The number of anilines is 1. The van der Waals surface area contributed by atoms with Crippen LogP contribution < -0.4 is 10.5 Å². The summed E-state index contributed by atoms with van der Waals surface area (Å²) in [5.41, 5.74) is 2.30. The molecule has 1 aromatic carbocycles. The highest BCUT2D eigenvalue weighted by atomic mass is 16.4. The monoisotopic (exact) mass is 367 g/mol. The normalized spacial score (nSPS) is 14.7. The van der Waals surface area contributed by atoms with Crippen molar-refractivity contribution in [2.24, 2.45) is 0 Å². The molecule has 1 fully saturated rings. The van der Waals surface area contributed by atoms with Crippen molar-refractivity contribution in [3.05, 3.63) is 51.6 Å². The Morgan fingerprint density at radius 3 is 2.63 bits per heavy atom. The summed E-state index contributed by atoms with van der Waals surface area (Å²) in [6, 6.07) is 8.08. The van der Waals surface area contributed by atoms with Crippen LogP contribution in [0.3, 0.4) is 0 Å². The van der Waals surface area contributed by atoms with Gasteiger partial charge in [-0.05, 0) is 36.1 Å². The predicted molar refractivity (Wildman–Crippen MR) is 101 cm³/mol. The molecule has 0 aliphatic carbocycles. The minimum Gasteiger partial charge on any atom is -0.408 e. The van der Waals surface area contributed by atoms with Crippen LogP contribution in [0.5, 0.6) is 0 Å². The fourth-order valence-corrected chi connectivity index (χ4v) is 3.32. The summed E-state index contributed by atoms with van der Waals surface area (Å²) in [6.45, 7) is 6.13. The smallest absolute Gasteiger partial charge is 0.318 e. The van der Waals surface area contributed by atoms with Crippen LogP contribution in [0.1, 0.15) is 17.0 Å². The second-order valence-corrected chi connectivity index (χ2v) is 6.85. The van der Waals surface area contributed by atoms with Gasteiger partial charge in [-0.15, -0.1) is 5.10 Å². The summed E-state index contributed by atoms with van der Waals surface area (Å²) in [4.78, 5) is 31.1. The summed E-state index contributed by atoms with van der Waals surface area (Å²) < 4.78 is 5.45. The van der Waals surface area contributed by atoms with Gasteiger partial charge in [-0.25, -0.2) is 0 Å². The van der Waals surface area contributed by atoms with Crippen molar-refractivity contribution < 1.29 is 9.21 Å². The van der Waals surface area contributed by atoms with Crippen molar-refractivity contribution in [1.29, 1.82) is 0 Å². The number of nitrogens with zero attached hydrogens (tertiary/aromatic N) is 4. The maximum Gasteiger partial charge on any atom is 0.318 e. The van der Waals surface area contributed by atoms with E-state index in [2.05, 4.69) is 15.2 Å². The number of carbonyl (C=O) groups is 1. The highest BCUT2D eigenvalue weighted by Crippen LogP contribution is 2.17. The van der Waals surface area contributed by atoms with E-state index in [0.29, 0.717) is 50.1 Å². The molecule has 27 heavy (non-hydrogen) atoms. The summed E-state index contributed by atoms with van der Waals surface area (Å²) in [7, 11) is 0. The van der Waals surface area contributed by atoms with E-state index >= 15 is 0 Å². The lowest BCUT2D eigenvalue weighted by molar-refractivity contribution is -0.130. The minimum atomic E-state index is -0.0827. The fourth-order valence-electron chi connectivity index (χ4n) is 3.32. The van der Waals surface area contributed by atoms with E-state index in [-0.39, 0.29) is 11.5 Å². The lowest BCUT2D eigenvalue weighted by atomic mass is 10.1. The largest absolute Gasteiger partial charge is 0.408 e. The number of benzene rings is 1. The molecule has 8 heteroatoms. The fraction of sp³-hybridized carbons (Fsp3) is 0.368. The number of hydrogen-bond acceptors (Lipinski definition) is 6. The molecule has 0 unspecified atom stereocenters. The lowest BCUT2D eigenvalue weighted by Crippen LogP contribution is -2.49. The Morgan fingerprint density at radius 2 is 1.93 bits per heavy atom. The Bertz CT molecular complexity index is 1050. The molecule has 2 aromatic heterocycles. The number of nitrogens with one attached hydrogen (secondary N) is 1. The van der Waals surface area contributed by atoms with Crippen molar-refractivity contribution in [2.75, 3.05) is 31.1 Å². The molecule has 0 atom stereocenters. The molecule has 8 nitrogen and oxygen atoms in total. The Labute approximate surface area is 155 Å². The highest BCUT2D eigenvalue weighted by Gasteiger charge is 2.24. The molecule has 0 bridgehead atoms. The highest BCUT2D eigenvalue weighted by molar-refractivity contribution is 5.83. The van der Waals surface area contributed by atoms with Gasteiger partial charge in [0.1, 0.15) is 0 Å². The van der Waals surface area contributed by atoms with E-state index in [4.69, 9.17) is 4.42 Å². The van der Waals surface area contributed by atoms with Crippen molar-refractivity contribution >= 4 is 22.8 Å². The summed E-state index contributed by atoms with van der Waals surface area (Å²) in [5, 5.41) is 8.82. The lowest BCUT2D eigenvalue weighted by Gasteiger charge is -2.33. The van der Waals surface area contributed by atoms with Gasteiger partial charge in [0.25, 0.3) is 5.56 Å². The van der Waals surface area contributed by atoms with Crippen LogP contribution in [0, 0.1) is 13.8 Å². The van der Waals surface area contributed by atoms with E-state index in [9.17, 15) is 9.59 Å². The number of fused-ring (bicyclic) bond motifs is 1. The van der Waals surface area contributed by atoms with Crippen LogP contribution >= 0.6 is 0 Å². The van der Waals surface area contributed by atoms with Gasteiger partial charge in [-0.2, -0.15) is 0 Å². The zero-order valence-electron chi connectivity index (χ0n) is 15.4. The molecule has 0 radical (unpaired) electrons. The number of amides is 1. The first-order valence-corrected chi connectivity index (χ1v) is 8.95. The van der Waals surface area contributed by atoms with Gasteiger partial charge in [0.2, 0.25) is 11.8 Å². The van der Waals surface area contributed by atoms with Gasteiger partial charge >= 0.3 is 6.01 Å². The van der Waals surface area contributed by atoms with E-state index in [1.165, 1.54) is 0 Å². The molecular weight excluding hydrogens is 346 g/mol. The van der Waals surface area contributed by atoms with E-state index in [1.807, 2.05) is 34.1 Å². The van der Waals surface area contributed by atoms with Crippen molar-refractivity contribution in [2.45, 2.75) is 20.3 Å². The van der Waals surface area contributed by atoms with E-state index < -0.39 is 0 Å².